The number of carbonyl (C=O) groups excluding carboxylic acids is 2. The topological polar surface area (TPSA) is 79.8 Å². The maximum Gasteiger partial charge on any atom is 0.339 e. The molecule has 2 aromatic carbocycles. The highest BCUT2D eigenvalue weighted by atomic mass is 16.5. The second kappa shape index (κ2) is 7.74. The number of hydrazone groups is 1. The zero-order valence-electron chi connectivity index (χ0n) is 12.9. The van der Waals surface area contributed by atoms with Gasteiger partial charge in [0.05, 0.1) is 13.3 Å². The average Bonchev–Trinajstić information content (AvgIpc) is 2.55. The fourth-order valence-corrected chi connectivity index (χ4v) is 1.83. The van der Waals surface area contributed by atoms with Crippen molar-refractivity contribution in [2.45, 2.75) is 6.92 Å². The van der Waals surface area contributed by atoms with E-state index in [0.29, 0.717) is 17.0 Å². The van der Waals surface area contributed by atoms with Crippen LogP contribution >= 0.6 is 0 Å². The summed E-state index contributed by atoms with van der Waals surface area (Å²) in [6.07, 6.45) is 1.51. The molecule has 0 aromatic heterocycles. The van der Waals surface area contributed by atoms with Crippen LogP contribution in [0.1, 0.15) is 22.8 Å². The van der Waals surface area contributed by atoms with E-state index in [-0.39, 0.29) is 5.78 Å². The number of rotatable bonds is 5. The van der Waals surface area contributed by atoms with Gasteiger partial charge in [0, 0.05) is 11.3 Å². The van der Waals surface area contributed by atoms with Crippen LogP contribution in [0.3, 0.4) is 0 Å². The van der Waals surface area contributed by atoms with Crippen LogP contribution in [0.25, 0.3) is 0 Å². The first-order valence-electron chi connectivity index (χ1n) is 6.93. The summed E-state index contributed by atoms with van der Waals surface area (Å²) < 4.78 is 5.10. The zero-order chi connectivity index (χ0) is 16.7. The number of ketones is 1. The minimum atomic E-state index is -0.472. The summed E-state index contributed by atoms with van der Waals surface area (Å²) in [5.41, 5.74) is 4.33. The molecule has 0 spiro atoms. The summed E-state index contributed by atoms with van der Waals surface area (Å²) >= 11 is 0. The lowest BCUT2D eigenvalue weighted by Gasteiger charge is -2.04. The highest BCUT2D eigenvalue weighted by Gasteiger charge is 2.02. The second-order valence-corrected chi connectivity index (χ2v) is 4.73. The van der Waals surface area contributed by atoms with Crippen LogP contribution in [0.5, 0.6) is 5.75 Å². The van der Waals surface area contributed by atoms with Crippen LogP contribution in [0, 0.1) is 0 Å². The number of hydrogen-bond acceptors (Lipinski definition) is 4. The van der Waals surface area contributed by atoms with E-state index in [0.717, 1.165) is 5.56 Å². The first kappa shape index (κ1) is 16.2. The largest absolute Gasteiger partial charge is 0.497 e. The summed E-state index contributed by atoms with van der Waals surface area (Å²) in [7, 11) is 1.58. The lowest BCUT2D eigenvalue weighted by molar-refractivity contribution is 0.101. The number of urea groups is 1. The Labute approximate surface area is 134 Å². The Morgan fingerprint density at radius 2 is 1.87 bits per heavy atom. The van der Waals surface area contributed by atoms with Crippen LogP contribution in [0.15, 0.2) is 53.6 Å². The number of Topliss-reactive ketones (excluding diaryl/α,β-unsaturated/α-hetero) is 1. The van der Waals surface area contributed by atoms with Crippen molar-refractivity contribution in [2.24, 2.45) is 5.10 Å². The Morgan fingerprint density at radius 1 is 1.13 bits per heavy atom. The van der Waals surface area contributed by atoms with E-state index in [2.05, 4.69) is 15.8 Å². The fourth-order valence-electron chi connectivity index (χ4n) is 1.83. The third-order valence-electron chi connectivity index (χ3n) is 3.02. The van der Waals surface area contributed by atoms with Gasteiger partial charge in [0.25, 0.3) is 0 Å². The SMILES string of the molecule is COc1cccc(/C=N/NC(=O)Nc2ccc(C(C)=O)cc2)c1. The van der Waals surface area contributed by atoms with E-state index < -0.39 is 6.03 Å². The minimum absolute atomic E-state index is 0.0242. The zero-order valence-corrected chi connectivity index (χ0v) is 12.9. The van der Waals surface area contributed by atoms with E-state index >= 15 is 0 Å². The molecule has 0 heterocycles. The van der Waals surface area contributed by atoms with E-state index in [1.54, 1.807) is 37.4 Å². The number of nitrogens with one attached hydrogen (secondary N) is 2. The van der Waals surface area contributed by atoms with Gasteiger partial charge in [-0.05, 0) is 48.9 Å². The molecule has 23 heavy (non-hydrogen) atoms. The van der Waals surface area contributed by atoms with Crippen molar-refractivity contribution in [3.63, 3.8) is 0 Å². The first-order valence-corrected chi connectivity index (χ1v) is 6.93. The minimum Gasteiger partial charge on any atom is -0.497 e. The second-order valence-electron chi connectivity index (χ2n) is 4.73. The Kier molecular flexibility index (Phi) is 5.46. The summed E-state index contributed by atoms with van der Waals surface area (Å²) in [4.78, 5) is 22.9. The lowest BCUT2D eigenvalue weighted by atomic mass is 10.1. The van der Waals surface area contributed by atoms with Crippen molar-refractivity contribution in [1.29, 1.82) is 0 Å². The summed E-state index contributed by atoms with van der Waals surface area (Å²) in [6.45, 7) is 1.49. The van der Waals surface area contributed by atoms with E-state index in [9.17, 15) is 9.59 Å². The molecule has 0 unspecified atom stereocenters. The predicted molar refractivity (Wildman–Crippen MR) is 89.2 cm³/mol. The Bertz CT molecular complexity index is 724. The molecule has 118 valence electrons. The number of anilines is 1. The van der Waals surface area contributed by atoms with Gasteiger partial charge in [0.1, 0.15) is 5.75 Å². The van der Waals surface area contributed by atoms with E-state index in [1.165, 1.54) is 13.1 Å². The molecule has 2 rings (SSSR count). The molecule has 2 N–H and O–H groups in total. The number of hydrogen-bond donors (Lipinski definition) is 2. The van der Waals surface area contributed by atoms with Gasteiger partial charge in [-0.2, -0.15) is 5.10 Å². The molecule has 0 bridgehead atoms. The number of methoxy groups -OCH3 is 1. The maximum absolute atomic E-state index is 11.7. The van der Waals surface area contributed by atoms with Crippen molar-refractivity contribution < 1.29 is 14.3 Å². The molecule has 2 aromatic rings. The van der Waals surface area contributed by atoms with Crippen molar-refractivity contribution in [3.8, 4) is 5.75 Å². The van der Waals surface area contributed by atoms with Crippen LogP contribution in [-0.4, -0.2) is 25.1 Å². The average molecular weight is 311 g/mol. The third-order valence-corrected chi connectivity index (χ3v) is 3.02. The van der Waals surface area contributed by atoms with Crippen molar-refractivity contribution in [3.05, 3.63) is 59.7 Å². The molecule has 0 saturated heterocycles. The molecule has 6 nitrogen and oxygen atoms in total. The van der Waals surface area contributed by atoms with Crippen molar-refractivity contribution >= 4 is 23.7 Å². The molecule has 0 aliphatic carbocycles. The molecule has 6 heteroatoms. The van der Waals surface area contributed by atoms with Crippen LogP contribution in [0.2, 0.25) is 0 Å². The van der Waals surface area contributed by atoms with Gasteiger partial charge in [-0.1, -0.05) is 12.1 Å². The normalized spacial score (nSPS) is 10.3. The van der Waals surface area contributed by atoms with Gasteiger partial charge in [0.2, 0.25) is 0 Å². The monoisotopic (exact) mass is 311 g/mol. The summed E-state index contributed by atoms with van der Waals surface area (Å²) in [5, 5.41) is 6.48. The molecule has 0 radical (unpaired) electrons. The highest BCUT2D eigenvalue weighted by Crippen LogP contribution is 2.11. The summed E-state index contributed by atoms with van der Waals surface area (Å²) in [5.74, 6) is 0.688. The number of nitrogens with zero attached hydrogens (tertiary/aromatic N) is 1. The number of ether oxygens (including phenoxy) is 1. The lowest BCUT2D eigenvalue weighted by Crippen LogP contribution is -2.24. The van der Waals surface area contributed by atoms with Crippen molar-refractivity contribution in [2.75, 3.05) is 12.4 Å². The predicted octanol–water partition coefficient (Wildman–Crippen LogP) is 3.05. The maximum atomic E-state index is 11.7. The number of amides is 2. The van der Waals surface area contributed by atoms with Gasteiger partial charge in [0.15, 0.2) is 5.78 Å². The first-order chi connectivity index (χ1) is 11.1. The third kappa shape index (κ3) is 4.96. The summed E-state index contributed by atoms with van der Waals surface area (Å²) in [6, 6.07) is 13.4. The standard InChI is InChI=1S/C17H17N3O3/c1-12(21)14-6-8-15(9-7-14)19-17(22)20-18-11-13-4-3-5-16(10-13)23-2/h3-11H,1-2H3,(H2,19,20,22)/b18-11+. The molecule has 0 aliphatic heterocycles. The molecule has 0 fully saturated rings. The Hall–Kier alpha value is -3.15. The fraction of sp³-hybridized carbons (Fsp3) is 0.118. The van der Waals surface area contributed by atoms with Crippen LogP contribution in [-0.2, 0) is 0 Å². The molecule has 2 amide bonds. The quantitative estimate of drug-likeness (QED) is 0.506. The molecular formula is C17H17N3O3. The molecular weight excluding hydrogens is 294 g/mol. The molecule has 0 atom stereocenters. The van der Waals surface area contributed by atoms with E-state index in [1.807, 2.05) is 18.2 Å². The van der Waals surface area contributed by atoms with Crippen LogP contribution in [0.4, 0.5) is 10.5 Å². The van der Waals surface area contributed by atoms with Gasteiger partial charge in [-0.3, -0.25) is 4.79 Å². The number of carbonyl (C=O) groups is 2. The molecule has 0 saturated carbocycles. The highest BCUT2D eigenvalue weighted by molar-refractivity contribution is 5.95. The molecule has 0 aliphatic rings. The van der Waals surface area contributed by atoms with Gasteiger partial charge >= 0.3 is 6.03 Å². The van der Waals surface area contributed by atoms with Gasteiger partial charge in [-0.15, -0.1) is 0 Å². The van der Waals surface area contributed by atoms with Gasteiger partial charge in [-0.25, -0.2) is 10.2 Å². The number of benzene rings is 2. The van der Waals surface area contributed by atoms with E-state index in [4.69, 9.17) is 4.74 Å². The Balaban J connectivity index is 1.89. The van der Waals surface area contributed by atoms with Gasteiger partial charge < -0.3 is 10.1 Å². The van der Waals surface area contributed by atoms with Crippen LogP contribution < -0.4 is 15.5 Å². The Morgan fingerprint density at radius 3 is 2.52 bits per heavy atom. The smallest absolute Gasteiger partial charge is 0.339 e. The van der Waals surface area contributed by atoms with Crippen molar-refractivity contribution in [1.82, 2.24) is 5.43 Å².